The third-order valence-electron chi connectivity index (χ3n) is 4.18. The van der Waals surface area contributed by atoms with Gasteiger partial charge in [0, 0.05) is 28.9 Å². The highest BCUT2D eigenvalue weighted by Crippen LogP contribution is 2.27. The Morgan fingerprint density at radius 2 is 1.96 bits per heavy atom. The van der Waals surface area contributed by atoms with Crippen LogP contribution in [0.25, 0.3) is 0 Å². The van der Waals surface area contributed by atoms with Gasteiger partial charge in [-0.25, -0.2) is 0 Å². The number of benzene rings is 2. The summed E-state index contributed by atoms with van der Waals surface area (Å²) in [4.78, 5) is 23.5. The Balaban J connectivity index is 2.17. The van der Waals surface area contributed by atoms with Gasteiger partial charge in [-0.3, -0.25) is 14.9 Å². The van der Waals surface area contributed by atoms with Crippen molar-refractivity contribution in [1.29, 1.82) is 0 Å². The second-order valence-corrected chi connectivity index (χ2v) is 6.19. The fourth-order valence-corrected chi connectivity index (χ4v) is 3.04. The van der Waals surface area contributed by atoms with Gasteiger partial charge in [0.25, 0.3) is 0 Å². The molecule has 0 fully saturated rings. The molecule has 5 heteroatoms. The van der Waals surface area contributed by atoms with Crippen molar-refractivity contribution in [2.45, 2.75) is 39.2 Å². The van der Waals surface area contributed by atoms with Crippen LogP contribution in [0.1, 0.15) is 52.9 Å². The van der Waals surface area contributed by atoms with Crippen molar-refractivity contribution in [2.24, 2.45) is 0 Å². The first-order valence-corrected chi connectivity index (χ1v) is 8.32. The van der Waals surface area contributed by atoms with E-state index in [1.54, 1.807) is 24.3 Å². The number of aryl methyl sites for hydroxylation is 2. The molecule has 2 rings (SSSR count). The Bertz CT molecular complexity index is 758. The molecule has 0 aliphatic rings. The van der Waals surface area contributed by atoms with Crippen molar-refractivity contribution in [2.75, 3.05) is 0 Å². The minimum absolute atomic E-state index is 0.0876. The zero-order valence-corrected chi connectivity index (χ0v) is 14.5. The average Bonchev–Trinajstić information content (AvgIpc) is 2.56. The summed E-state index contributed by atoms with van der Waals surface area (Å²) in [5, 5.41) is 11.9. The average molecular weight is 346 g/mol. The highest BCUT2D eigenvalue weighted by molar-refractivity contribution is 6.33. The van der Waals surface area contributed by atoms with Crippen LogP contribution in [0.2, 0.25) is 5.02 Å². The highest BCUT2D eigenvalue weighted by Gasteiger charge is 2.26. The summed E-state index contributed by atoms with van der Waals surface area (Å²) in [6.45, 7) is 3.92. The van der Waals surface area contributed by atoms with Crippen LogP contribution in [0.5, 0.6) is 0 Å². The highest BCUT2D eigenvalue weighted by atomic mass is 35.5. The van der Waals surface area contributed by atoms with Gasteiger partial charge in [0.2, 0.25) is 6.04 Å². The second-order valence-electron chi connectivity index (χ2n) is 5.79. The Hall–Kier alpha value is -2.20. The number of nitro groups is 1. The van der Waals surface area contributed by atoms with Crippen LogP contribution in [0.3, 0.4) is 0 Å². The SMILES string of the molecule is CCc1ccc(C(CCC(=O)c2ccccc2Cl)[N+](=O)[O-])c(C)c1. The smallest absolute Gasteiger partial charge is 0.238 e. The molecule has 0 aliphatic heterocycles. The Kier molecular flexibility index (Phi) is 6.10. The van der Waals surface area contributed by atoms with Gasteiger partial charge >= 0.3 is 0 Å². The first-order chi connectivity index (χ1) is 11.4. The molecular weight excluding hydrogens is 326 g/mol. The van der Waals surface area contributed by atoms with Gasteiger partial charge in [-0.2, -0.15) is 0 Å². The molecule has 0 saturated carbocycles. The number of hydrogen-bond acceptors (Lipinski definition) is 3. The lowest BCUT2D eigenvalue weighted by molar-refractivity contribution is -0.529. The minimum atomic E-state index is -0.887. The van der Waals surface area contributed by atoms with Gasteiger partial charge < -0.3 is 0 Å². The molecule has 0 bridgehead atoms. The van der Waals surface area contributed by atoms with Gasteiger partial charge in [0.05, 0.1) is 5.02 Å². The quantitative estimate of drug-likeness (QED) is 0.394. The molecule has 0 spiro atoms. The zero-order valence-electron chi connectivity index (χ0n) is 13.8. The summed E-state index contributed by atoms with van der Waals surface area (Å²) in [7, 11) is 0. The lowest BCUT2D eigenvalue weighted by atomic mass is 9.94. The van der Waals surface area contributed by atoms with Crippen LogP contribution in [-0.2, 0) is 6.42 Å². The largest absolute Gasteiger partial charge is 0.294 e. The van der Waals surface area contributed by atoms with Crippen LogP contribution in [0.15, 0.2) is 42.5 Å². The summed E-state index contributed by atoms with van der Waals surface area (Å²) in [5.41, 5.74) is 3.12. The topological polar surface area (TPSA) is 60.2 Å². The number of Topliss-reactive ketones (excluding diaryl/α,β-unsaturated/α-hetero) is 1. The van der Waals surface area contributed by atoms with E-state index in [1.807, 2.05) is 32.0 Å². The van der Waals surface area contributed by atoms with Crippen LogP contribution >= 0.6 is 11.6 Å². The van der Waals surface area contributed by atoms with Crippen LogP contribution < -0.4 is 0 Å². The summed E-state index contributed by atoms with van der Waals surface area (Å²) >= 11 is 6.02. The molecular formula is C19H20ClNO3. The Morgan fingerprint density at radius 3 is 2.54 bits per heavy atom. The number of ketones is 1. The van der Waals surface area contributed by atoms with Crippen molar-refractivity contribution in [3.63, 3.8) is 0 Å². The summed E-state index contributed by atoms with van der Waals surface area (Å²) in [6.07, 6.45) is 1.13. The van der Waals surface area contributed by atoms with Crippen LogP contribution in [-0.4, -0.2) is 10.7 Å². The molecule has 126 valence electrons. The molecule has 0 saturated heterocycles. The third-order valence-corrected chi connectivity index (χ3v) is 4.50. The normalized spacial score (nSPS) is 12.0. The predicted molar refractivity (Wildman–Crippen MR) is 95.3 cm³/mol. The van der Waals surface area contributed by atoms with Crippen LogP contribution in [0.4, 0.5) is 0 Å². The van der Waals surface area contributed by atoms with Crippen molar-refractivity contribution in [1.82, 2.24) is 0 Å². The Morgan fingerprint density at radius 1 is 1.25 bits per heavy atom. The maximum absolute atomic E-state index is 12.3. The molecule has 24 heavy (non-hydrogen) atoms. The maximum atomic E-state index is 12.3. The second kappa shape index (κ2) is 8.06. The summed E-state index contributed by atoms with van der Waals surface area (Å²) in [6, 6.07) is 11.6. The van der Waals surface area contributed by atoms with Gasteiger partial charge in [0.15, 0.2) is 5.78 Å². The Labute approximate surface area is 146 Å². The minimum Gasteiger partial charge on any atom is -0.294 e. The van der Waals surface area contributed by atoms with E-state index in [-0.39, 0.29) is 23.5 Å². The predicted octanol–water partition coefficient (Wildman–Crippen LogP) is 5.19. The maximum Gasteiger partial charge on any atom is 0.238 e. The molecule has 0 aromatic heterocycles. The molecule has 4 nitrogen and oxygen atoms in total. The molecule has 1 atom stereocenters. The molecule has 0 amide bonds. The van der Waals surface area contributed by atoms with Crippen LogP contribution in [0, 0.1) is 17.0 Å². The number of rotatable bonds is 7. The summed E-state index contributed by atoms with van der Waals surface area (Å²) < 4.78 is 0. The van der Waals surface area contributed by atoms with Crippen molar-refractivity contribution < 1.29 is 9.72 Å². The zero-order chi connectivity index (χ0) is 17.7. The molecule has 0 N–H and O–H groups in total. The van der Waals surface area contributed by atoms with Gasteiger partial charge in [-0.1, -0.05) is 48.9 Å². The first-order valence-electron chi connectivity index (χ1n) is 7.94. The van der Waals surface area contributed by atoms with E-state index in [2.05, 4.69) is 0 Å². The van der Waals surface area contributed by atoms with Crippen molar-refractivity contribution >= 4 is 17.4 Å². The van der Waals surface area contributed by atoms with E-state index in [1.165, 1.54) is 0 Å². The van der Waals surface area contributed by atoms with Crippen molar-refractivity contribution in [3.8, 4) is 0 Å². The lowest BCUT2D eigenvalue weighted by Crippen LogP contribution is -2.14. The number of hydrogen-bond donors (Lipinski definition) is 0. The van der Waals surface area contributed by atoms with Crippen molar-refractivity contribution in [3.05, 3.63) is 79.9 Å². The molecule has 0 radical (unpaired) electrons. The standard InChI is InChI=1S/C19H20ClNO3/c1-3-14-8-9-15(13(2)12-14)18(21(23)24)10-11-19(22)16-6-4-5-7-17(16)20/h4-9,12,18H,3,10-11H2,1-2H3. The molecule has 2 aromatic carbocycles. The lowest BCUT2D eigenvalue weighted by Gasteiger charge is -2.13. The molecule has 0 heterocycles. The molecule has 2 aromatic rings. The van der Waals surface area contributed by atoms with E-state index in [9.17, 15) is 14.9 Å². The van der Waals surface area contributed by atoms with Gasteiger partial charge in [-0.05, 0) is 36.6 Å². The van der Waals surface area contributed by atoms with E-state index in [0.717, 1.165) is 17.5 Å². The van der Waals surface area contributed by atoms with Gasteiger partial charge in [-0.15, -0.1) is 0 Å². The van der Waals surface area contributed by atoms with E-state index in [4.69, 9.17) is 11.6 Å². The number of halogens is 1. The fourth-order valence-electron chi connectivity index (χ4n) is 2.80. The summed E-state index contributed by atoms with van der Waals surface area (Å²) in [5.74, 6) is -0.171. The number of carbonyl (C=O) groups excluding carboxylic acids is 1. The fraction of sp³-hybridized carbons (Fsp3) is 0.316. The van der Waals surface area contributed by atoms with E-state index in [0.29, 0.717) is 16.1 Å². The van der Waals surface area contributed by atoms with E-state index < -0.39 is 6.04 Å². The van der Waals surface area contributed by atoms with Gasteiger partial charge in [0.1, 0.15) is 0 Å². The monoisotopic (exact) mass is 345 g/mol. The third kappa shape index (κ3) is 4.20. The number of nitrogens with zero attached hydrogens (tertiary/aromatic N) is 1. The molecule has 0 aliphatic carbocycles. The van der Waals surface area contributed by atoms with E-state index >= 15 is 0 Å². The first kappa shape index (κ1) is 18.1. The molecule has 1 unspecified atom stereocenters. The number of carbonyl (C=O) groups is 1.